The highest BCUT2D eigenvalue weighted by atomic mass is 32.2. The highest BCUT2D eigenvalue weighted by Gasteiger charge is 2.40. The summed E-state index contributed by atoms with van der Waals surface area (Å²) in [6.45, 7) is 4.47. The van der Waals surface area contributed by atoms with Gasteiger partial charge in [0, 0.05) is 25.2 Å². The van der Waals surface area contributed by atoms with Crippen molar-refractivity contribution in [2.45, 2.75) is 44.6 Å². The van der Waals surface area contributed by atoms with Gasteiger partial charge in [0.25, 0.3) is 21.8 Å². The zero-order valence-corrected chi connectivity index (χ0v) is 17.9. The molecule has 8 heteroatoms. The topological polar surface area (TPSA) is 74.8 Å². The third kappa shape index (κ3) is 4.23. The standard InChI is InChI=1S/C22H25FN2O4S/c1-3-5-6-13-24(15-16-7-10-18(23)11-8-16)21(26)17-9-12-19-20(14-17)30(28,29)25(4-2)22(19)27/h7-12,14H,3-6,13,15H2,1-2H3. The van der Waals surface area contributed by atoms with Crippen LogP contribution in [0.1, 0.15) is 59.4 Å². The maximum absolute atomic E-state index is 13.2. The van der Waals surface area contributed by atoms with Gasteiger partial charge >= 0.3 is 0 Å². The fraction of sp³-hybridized carbons (Fsp3) is 0.364. The zero-order chi connectivity index (χ0) is 21.9. The number of hydrogen-bond acceptors (Lipinski definition) is 4. The molecule has 2 aromatic rings. The lowest BCUT2D eigenvalue weighted by molar-refractivity contribution is 0.0739. The highest BCUT2D eigenvalue weighted by molar-refractivity contribution is 7.90. The number of nitrogens with zero attached hydrogens (tertiary/aromatic N) is 2. The monoisotopic (exact) mass is 432 g/mol. The van der Waals surface area contributed by atoms with Crippen LogP contribution in [0.15, 0.2) is 47.4 Å². The van der Waals surface area contributed by atoms with Gasteiger partial charge in [-0.25, -0.2) is 17.1 Å². The molecule has 0 radical (unpaired) electrons. The van der Waals surface area contributed by atoms with Crippen molar-refractivity contribution < 1.29 is 22.4 Å². The van der Waals surface area contributed by atoms with Gasteiger partial charge in [0.1, 0.15) is 10.7 Å². The Balaban J connectivity index is 1.91. The number of fused-ring (bicyclic) bond motifs is 1. The first-order valence-corrected chi connectivity index (χ1v) is 11.5. The van der Waals surface area contributed by atoms with Crippen LogP contribution in [0.2, 0.25) is 0 Å². The Kier molecular flexibility index (Phi) is 6.55. The van der Waals surface area contributed by atoms with E-state index in [-0.39, 0.29) is 40.8 Å². The van der Waals surface area contributed by atoms with Gasteiger partial charge in [0.2, 0.25) is 0 Å². The Morgan fingerprint density at radius 2 is 1.77 bits per heavy atom. The van der Waals surface area contributed by atoms with E-state index in [1.54, 1.807) is 24.0 Å². The molecule has 0 atom stereocenters. The minimum atomic E-state index is -3.94. The quantitative estimate of drug-likeness (QED) is 0.595. The molecule has 0 bridgehead atoms. The molecule has 0 aliphatic carbocycles. The Morgan fingerprint density at radius 3 is 2.40 bits per heavy atom. The predicted molar refractivity (Wildman–Crippen MR) is 111 cm³/mol. The molecule has 0 saturated carbocycles. The zero-order valence-electron chi connectivity index (χ0n) is 17.1. The average Bonchev–Trinajstić information content (AvgIpc) is 2.93. The van der Waals surface area contributed by atoms with E-state index in [2.05, 4.69) is 6.92 Å². The molecule has 160 valence electrons. The fourth-order valence-electron chi connectivity index (χ4n) is 3.52. The molecular formula is C22H25FN2O4S. The van der Waals surface area contributed by atoms with Crippen molar-refractivity contribution in [1.82, 2.24) is 9.21 Å². The number of sulfonamides is 1. The first kappa shape index (κ1) is 22.0. The number of carbonyl (C=O) groups excluding carboxylic acids is 2. The second-order valence-corrected chi connectivity index (χ2v) is 9.08. The summed E-state index contributed by atoms with van der Waals surface area (Å²) in [4.78, 5) is 27.0. The fourth-order valence-corrected chi connectivity index (χ4v) is 5.12. The van der Waals surface area contributed by atoms with Crippen molar-refractivity contribution in [1.29, 1.82) is 0 Å². The second-order valence-electron chi connectivity index (χ2n) is 7.25. The van der Waals surface area contributed by atoms with E-state index in [0.29, 0.717) is 6.54 Å². The first-order valence-electron chi connectivity index (χ1n) is 10.0. The summed E-state index contributed by atoms with van der Waals surface area (Å²) in [6.07, 6.45) is 2.74. The summed E-state index contributed by atoms with van der Waals surface area (Å²) >= 11 is 0. The van der Waals surface area contributed by atoms with E-state index >= 15 is 0 Å². The van der Waals surface area contributed by atoms with Gasteiger partial charge in [-0.3, -0.25) is 9.59 Å². The molecule has 30 heavy (non-hydrogen) atoms. The van der Waals surface area contributed by atoms with Gasteiger partial charge in [-0.15, -0.1) is 0 Å². The molecule has 1 aliphatic heterocycles. The molecule has 0 fully saturated rings. The van der Waals surface area contributed by atoms with E-state index in [4.69, 9.17) is 0 Å². The van der Waals surface area contributed by atoms with Gasteiger partial charge in [0.05, 0.1) is 5.56 Å². The van der Waals surface area contributed by atoms with Gasteiger partial charge in [0.15, 0.2) is 0 Å². The Hall–Kier alpha value is -2.74. The average molecular weight is 433 g/mol. The molecular weight excluding hydrogens is 407 g/mol. The number of hydrogen-bond donors (Lipinski definition) is 0. The van der Waals surface area contributed by atoms with Crippen LogP contribution in [0, 0.1) is 5.82 Å². The predicted octanol–water partition coefficient (Wildman–Crippen LogP) is 3.82. The van der Waals surface area contributed by atoms with Crippen molar-refractivity contribution in [3.8, 4) is 0 Å². The van der Waals surface area contributed by atoms with Crippen molar-refractivity contribution in [2.75, 3.05) is 13.1 Å². The van der Waals surface area contributed by atoms with Crippen LogP contribution in [-0.2, 0) is 16.6 Å². The molecule has 2 aromatic carbocycles. The Morgan fingerprint density at radius 1 is 1.07 bits per heavy atom. The van der Waals surface area contributed by atoms with Gasteiger partial charge in [-0.2, -0.15) is 0 Å². The van der Waals surface area contributed by atoms with Crippen LogP contribution in [-0.4, -0.2) is 42.5 Å². The summed E-state index contributed by atoms with van der Waals surface area (Å²) in [5.74, 6) is -1.25. The summed E-state index contributed by atoms with van der Waals surface area (Å²) in [5.41, 5.74) is 1.08. The van der Waals surface area contributed by atoms with Crippen LogP contribution in [0.5, 0.6) is 0 Å². The molecule has 0 N–H and O–H groups in total. The number of halogens is 1. The lowest BCUT2D eigenvalue weighted by Gasteiger charge is -2.23. The van der Waals surface area contributed by atoms with Crippen LogP contribution < -0.4 is 0 Å². The second kappa shape index (κ2) is 8.95. The van der Waals surface area contributed by atoms with Crippen molar-refractivity contribution in [2.24, 2.45) is 0 Å². The van der Waals surface area contributed by atoms with E-state index in [9.17, 15) is 22.4 Å². The lowest BCUT2D eigenvalue weighted by atomic mass is 10.1. The Labute approximate surface area is 176 Å². The summed E-state index contributed by atoms with van der Waals surface area (Å²) < 4.78 is 39.3. The maximum Gasteiger partial charge on any atom is 0.268 e. The number of carbonyl (C=O) groups is 2. The molecule has 1 heterocycles. The number of rotatable bonds is 8. The molecule has 0 saturated heterocycles. The van der Waals surface area contributed by atoms with E-state index < -0.39 is 15.9 Å². The van der Waals surface area contributed by atoms with Crippen LogP contribution in [0.3, 0.4) is 0 Å². The number of amides is 2. The number of benzene rings is 2. The largest absolute Gasteiger partial charge is 0.334 e. The molecule has 0 aromatic heterocycles. The minimum absolute atomic E-state index is 0.0346. The summed E-state index contributed by atoms with van der Waals surface area (Å²) in [7, 11) is -3.94. The summed E-state index contributed by atoms with van der Waals surface area (Å²) in [5, 5.41) is 0. The van der Waals surface area contributed by atoms with Gasteiger partial charge in [-0.05, 0) is 49.2 Å². The maximum atomic E-state index is 13.2. The van der Waals surface area contributed by atoms with Crippen LogP contribution in [0.4, 0.5) is 4.39 Å². The lowest BCUT2D eigenvalue weighted by Crippen LogP contribution is -2.31. The first-order chi connectivity index (χ1) is 14.3. The highest BCUT2D eigenvalue weighted by Crippen LogP contribution is 2.31. The normalized spacial score (nSPS) is 14.6. The molecule has 2 amide bonds. The molecule has 0 unspecified atom stereocenters. The summed E-state index contributed by atoms with van der Waals surface area (Å²) in [6, 6.07) is 10.1. The molecule has 0 spiro atoms. The van der Waals surface area contributed by atoms with Gasteiger partial charge < -0.3 is 4.90 Å². The van der Waals surface area contributed by atoms with Crippen LogP contribution in [0.25, 0.3) is 0 Å². The smallest absolute Gasteiger partial charge is 0.268 e. The van der Waals surface area contributed by atoms with Crippen molar-refractivity contribution >= 4 is 21.8 Å². The van der Waals surface area contributed by atoms with Crippen LogP contribution >= 0.6 is 0 Å². The molecule has 3 rings (SSSR count). The van der Waals surface area contributed by atoms with Crippen molar-refractivity contribution in [3.05, 3.63) is 65.0 Å². The Bertz CT molecular complexity index is 1050. The van der Waals surface area contributed by atoms with E-state index in [1.165, 1.54) is 30.3 Å². The van der Waals surface area contributed by atoms with E-state index in [0.717, 1.165) is 29.1 Å². The minimum Gasteiger partial charge on any atom is -0.334 e. The van der Waals surface area contributed by atoms with Crippen molar-refractivity contribution in [3.63, 3.8) is 0 Å². The molecule has 6 nitrogen and oxygen atoms in total. The third-order valence-electron chi connectivity index (χ3n) is 5.15. The number of unbranched alkanes of at least 4 members (excludes halogenated alkanes) is 2. The third-order valence-corrected chi connectivity index (χ3v) is 7.04. The molecule has 1 aliphatic rings. The van der Waals surface area contributed by atoms with Gasteiger partial charge in [-0.1, -0.05) is 31.9 Å². The SMILES string of the molecule is CCCCCN(Cc1ccc(F)cc1)C(=O)c1ccc2c(c1)S(=O)(=O)N(CC)C2=O. The van der Waals surface area contributed by atoms with E-state index in [1.807, 2.05) is 0 Å².